The molecule has 0 aliphatic carbocycles. The van der Waals surface area contributed by atoms with E-state index in [1.165, 1.54) is 70.6 Å². The van der Waals surface area contributed by atoms with Gasteiger partial charge in [0.2, 0.25) is 0 Å². The first-order chi connectivity index (χ1) is 11.8. The molecule has 0 aliphatic heterocycles. The van der Waals surface area contributed by atoms with E-state index in [0.717, 1.165) is 32.1 Å². The van der Waals surface area contributed by atoms with Crippen molar-refractivity contribution >= 4 is 0 Å². The van der Waals surface area contributed by atoms with Gasteiger partial charge in [-0.15, -0.1) is 13.2 Å². The number of aliphatic hydroxyl groups is 1. The van der Waals surface area contributed by atoms with Crippen LogP contribution in [0.3, 0.4) is 0 Å². The van der Waals surface area contributed by atoms with Gasteiger partial charge in [0.25, 0.3) is 0 Å². The van der Waals surface area contributed by atoms with Gasteiger partial charge in [-0.25, -0.2) is 0 Å². The van der Waals surface area contributed by atoms with Crippen molar-refractivity contribution in [3.63, 3.8) is 0 Å². The maximum atomic E-state index is 9.80. The van der Waals surface area contributed by atoms with E-state index in [4.69, 9.17) is 4.74 Å². The molecular formula is C22H42O2. The Balaban J connectivity index is 3.14. The molecular weight excluding hydrogens is 296 g/mol. The molecule has 0 aromatic heterocycles. The highest BCUT2D eigenvalue weighted by atomic mass is 16.6. The third-order valence-electron chi connectivity index (χ3n) is 4.47. The summed E-state index contributed by atoms with van der Waals surface area (Å²) in [6.07, 6.45) is 22.8. The van der Waals surface area contributed by atoms with Gasteiger partial charge in [-0.2, -0.15) is 0 Å². The molecule has 0 radical (unpaired) electrons. The van der Waals surface area contributed by atoms with Crippen molar-refractivity contribution in [1.82, 2.24) is 0 Å². The summed E-state index contributed by atoms with van der Waals surface area (Å²) in [4.78, 5) is 0. The van der Waals surface area contributed by atoms with E-state index in [2.05, 4.69) is 13.2 Å². The van der Waals surface area contributed by atoms with Crippen LogP contribution in [-0.2, 0) is 4.74 Å². The Bertz CT molecular complexity index is 263. The molecule has 1 atom stereocenters. The first-order valence-electron chi connectivity index (χ1n) is 10.3. The van der Waals surface area contributed by atoms with Gasteiger partial charge in [0, 0.05) is 6.61 Å². The third-order valence-corrected chi connectivity index (χ3v) is 4.47. The summed E-state index contributed by atoms with van der Waals surface area (Å²) in [5.74, 6) is 0. The molecule has 0 fully saturated rings. The minimum Gasteiger partial charge on any atom is -0.368 e. The topological polar surface area (TPSA) is 29.5 Å². The normalized spacial score (nSPS) is 12.2. The lowest BCUT2D eigenvalue weighted by Gasteiger charge is -2.11. The Kier molecular flexibility index (Phi) is 19.9. The van der Waals surface area contributed by atoms with Crippen LogP contribution in [-0.4, -0.2) is 18.0 Å². The standard InChI is InChI=1S/C22H42O2/c1-3-5-7-9-11-13-15-17-19-21-24-22(23)20-18-16-14-12-10-8-6-4-2/h3-4,22-23H,1-2,5-21H2. The van der Waals surface area contributed by atoms with Crippen molar-refractivity contribution in [3.8, 4) is 0 Å². The highest BCUT2D eigenvalue weighted by Gasteiger charge is 2.03. The van der Waals surface area contributed by atoms with E-state index in [0.29, 0.717) is 6.61 Å². The molecule has 1 unspecified atom stereocenters. The van der Waals surface area contributed by atoms with E-state index in [1.807, 2.05) is 12.2 Å². The maximum Gasteiger partial charge on any atom is 0.154 e. The summed E-state index contributed by atoms with van der Waals surface area (Å²) in [5, 5.41) is 9.80. The number of hydrogen-bond donors (Lipinski definition) is 1. The van der Waals surface area contributed by atoms with Gasteiger partial charge in [0.05, 0.1) is 0 Å². The van der Waals surface area contributed by atoms with Crippen molar-refractivity contribution in [2.45, 2.75) is 109 Å². The van der Waals surface area contributed by atoms with Crippen LogP contribution in [0.25, 0.3) is 0 Å². The quantitative estimate of drug-likeness (QED) is 0.148. The largest absolute Gasteiger partial charge is 0.368 e. The van der Waals surface area contributed by atoms with Gasteiger partial charge in [-0.1, -0.05) is 69.9 Å². The van der Waals surface area contributed by atoms with E-state index in [1.54, 1.807) is 0 Å². The average molecular weight is 339 g/mol. The van der Waals surface area contributed by atoms with E-state index in [9.17, 15) is 5.11 Å². The zero-order valence-corrected chi connectivity index (χ0v) is 16.0. The van der Waals surface area contributed by atoms with Gasteiger partial charge in [0.1, 0.15) is 0 Å². The van der Waals surface area contributed by atoms with Crippen LogP contribution in [0.4, 0.5) is 0 Å². The Morgan fingerprint density at radius 1 is 0.625 bits per heavy atom. The van der Waals surface area contributed by atoms with Crippen molar-refractivity contribution in [3.05, 3.63) is 25.3 Å². The number of aliphatic hydroxyl groups excluding tert-OH is 1. The molecule has 24 heavy (non-hydrogen) atoms. The van der Waals surface area contributed by atoms with Crippen molar-refractivity contribution in [2.75, 3.05) is 6.61 Å². The minimum absolute atomic E-state index is 0.551. The first kappa shape index (κ1) is 23.4. The second-order valence-electron chi connectivity index (χ2n) is 6.87. The van der Waals surface area contributed by atoms with Crippen LogP contribution < -0.4 is 0 Å². The number of rotatable bonds is 20. The molecule has 2 nitrogen and oxygen atoms in total. The molecule has 0 aromatic carbocycles. The predicted molar refractivity (Wildman–Crippen MR) is 106 cm³/mol. The Hall–Kier alpha value is -0.600. The summed E-state index contributed by atoms with van der Waals surface area (Å²) in [6.45, 7) is 8.20. The number of hydrogen-bond acceptors (Lipinski definition) is 2. The number of allylic oxidation sites excluding steroid dienone is 2. The molecule has 2 heteroatoms. The number of ether oxygens (including phenoxy) is 1. The van der Waals surface area contributed by atoms with E-state index in [-0.39, 0.29) is 0 Å². The lowest BCUT2D eigenvalue weighted by Crippen LogP contribution is -2.12. The molecule has 0 spiro atoms. The third kappa shape index (κ3) is 19.4. The molecule has 142 valence electrons. The smallest absolute Gasteiger partial charge is 0.154 e. The zero-order chi connectivity index (χ0) is 17.7. The molecule has 0 saturated carbocycles. The minimum atomic E-state index is -0.551. The molecule has 0 bridgehead atoms. The second-order valence-corrected chi connectivity index (χ2v) is 6.87. The van der Waals surface area contributed by atoms with Crippen LogP contribution in [0.1, 0.15) is 103 Å². The van der Waals surface area contributed by atoms with Gasteiger partial charge >= 0.3 is 0 Å². The lowest BCUT2D eigenvalue weighted by molar-refractivity contribution is -0.105. The van der Waals surface area contributed by atoms with Gasteiger partial charge < -0.3 is 9.84 Å². The summed E-state index contributed by atoms with van der Waals surface area (Å²) in [5.41, 5.74) is 0. The lowest BCUT2D eigenvalue weighted by atomic mass is 10.1. The van der Waals surface area contributed by atoms with Crippen LogP contribution in [0, 0.1) is 0 Å². The highest BCUT2D eigenvalue weighted by Crippen LogP contribution is 2.12. The zero-order valence-electron chi connectivity index (χ0n) is 16.0. The van der Waals surface area contributed by atoms with Crippen molar-refractivity contribution in [2.24, 2.45) is 0 Å². The average Bonchev–Trinajstić information content (AvgIpc) is 2.59. The fourth-order valence-corrected chi connectivity index (χ4v) is 2.89. The maximum absolute atomic E-state index is 9.80. The summed E-state index contributed by atoms with van der Waals surface area (Å²) in [6, 6.07) is 0. The highest BCUT2D eigenvalue weighted by molar-refractivity contribution is 4.65. The van der Waals surface area contributed by atoms with Crippen molar-refractivity contribution in [1.29, 1.82) is 0 Å². The van der Waals surface area contributed by atoms with Gasteiger partial charge in [0.15, 0.2) is 6.29 Å². The Morgan fingerprint density at radius 2 is 1.04 bits per heavy atom. The molecule has 0 saturated heterocycles. The SMILES string of the molecule is C=CCCCCCCCCCOC(O)CCCCCCCCC=C. The first-order valence-corrected chi connectivity index (χ1v) is 10.3. The molecule has 0 aliphatic rings. The van der Waals surface area contributed by atoms with Crippen LogP contribution in [0.2, 0.25) is 0 Å². The molecule has 1 N–H and O–H groups in total. The van der Waals surface area contributed by atoms with Crippen LogP contribution in [0.15, 0.2) is 25.3 Å². The molecule has 0 heterocycles. The fraction of sp³-hybridized carbons (Fsp3) is 0.818. The predicted octanol–water partition coefficient (Wildman–Crippen LogP) is 6.94. The van der Waals surface area contributed by atoms with Crippen LogP contribution >= 0.6 is 0 Å². The van der Waals surface area contributed by atoms with Gasteiger partial charge in [-0.3, -0.25) is 0 Å². The van der Waals surface area contributed by atoms with E-state index >= 15 is 0 Å². The van der Waals surface area contributed by atoms with Gasteiger partial charge in [-0.05, 0) is 44.9 Å². The molecule has 0 rings (SSSR count). The van der Waals surface area contributed by atoms with Crippen LogP contribution in [0.5, 0.6) is 0 Å². The fourth-order valence-electron chi connectivity index (χ4n) is 2.89. The summed E-state index contributed by atoms with van der Waals surface area (Å²) in [7, 11) is 0. The Labute approximate surface area is 151 Å². The van der Waals surface area contributed by atoms with Crippen molar-refractivity contribution < 1.29 is 9.84 Å². The summed E-state index contributed by atoms with van der Waals surface area (Å²) < 4.78 is 5.49. The molecule has 0 amide bonds. The Morgan fingerprint density at radius 3 is 1.54 bits per heavy atom. The molecule has 0 aromatic rings. The summed E-state index contributed by atoms with van der Waals surface area (Å²) >= 11 is 0. The van der Waals surface area contributed by atoms with E-state index < -0.39 is 6.29 Å². The second kappa shape index (κ2) is 20.4. The monoisotopic (exact) mass is 338 g/mol. The number of unbranched alkanes of at least 4 members (excludes halogenated alkanes) is 13.